The number of aromatic nitrogens is 2. The summed E-state index contributed by atoms with van der Waals surface area (Å²) in [6.45, 7) is 10.8. The van der Waals surface area contributed by atoms with E-state index in [4.69, 9.17) is 28.7 Å². The minimum absolute atomic E-state index is 0.0931. The summed E-state index contributed by atoms with van der Waals surface area (Å²) in [5.41, 5.74) is 3.37. The van der Waals surface area contributed by atoms with Gasteiger partial charge in [-0.2, -0.15) is 0 Å². The molecule has 0 N–H and O–H groups in total. The molecule has 0 fully saturated rings. The number of ether oxygens (including phenoxy) is 5. The quantitative estimate of drug-likeness (QED) is 0.123. The molecule has 1 aliphatic rings. The molecule has 0 aliphatic carbocycles. The van der Waals surface area contributed by atoms with Crippen LogP contribution in [0.4, 0.5) is 4.79 Å². The summed E-state index contributed by atoms with van der Waals surface area (Å²) in [4.78, 5) is 31.7. The second-order valence-electron chi connectivity index (χ2n) is 12.1. The summed E-state index contributed by atoms with van der Waals surface area (Å²) in [6.07, 6.45) is 5.22. The van der Waals surface area contributed by atoms with Gasteiger partial charge in [0.2, 0.25) is 5.88 Å². The number of rotatable bonds is 11. The van der Waals surface area contributed by atoms with E-state index in [2.05, 4.69) is 13.8 Å². The monoisotopic (exact) mass is 614 g/mol. The average molecular weight is 615 g/mol. The molecule has 0 spiro atoms. The fourth-order valence-corrected chi connectivity index (χ4v) is 5.08. The fourth-order valence-electron chi connectivity index (χ4n) is 5.08. The Morgan fingerprint density at radius 2 is 1.71 bits per heavy atom. The molecule has 0 amide bonds. The molecule has 45 heavy (non-hydrogen) atoms. The molecule has 4 aromatic rings. The first kappa shape index (κ1) is 31.9. The molecule has 9 heteroatoms. The van der Waals surface area contributed by atoms with Crippen molar-refractivity contribution < 1.29 is 33.3 Å². The molecule has 238 valence electrons. The maximum atomic E-state index is 13.8. The summed E-state index contributed by atoms with van der Waals surface area (Å²) in [7, 11) is 0. The van der Waals surface area contributed by atoms with E-state index >= 15 is 0 Å². The van der Waals surface area contributed by atoms with Gasteiger partial charge in [-0.1, -0.05) is 57.0 Å². The highest BCUT2D eigenvalue weighted by atomic mass is 16.6. The Morgan fingerprint density at radius 3 is 2.42 bits per heavy atom. The van der Waals surface area contributed by atoms with Gasteiger partial charge in [0.25, 0.3) is 0 Å². The number of esters is 1. The third-order valence-corrected chi connectivity index (χ3v) is 7.35. The van der Waals surface area contributed by atoms with E-state index in [-0.39, 0.29) is 23.8 Å². The Kier molecular flexibility index (Phi) is 9.96. The Bertz CT molecular complexity index is 1650. The van der Waals surface area contributed by atoms with Crippen LogP contribution in [0, 0.1) is 0 Å². The van der Waals surface area contributed by atoms with Gasteiger partial charge in [0, 0.05) is 23.6 Å². The molecule has 1 aliphatic heterocycles. The topological polar surface area (TPSA) is 98.1 Å². The van der Waals surface area contributed by atoms with Crippen molar-refractivity contribution in [2.45, 2.75) is 78.9 Å². The van der Waals surface area contributed by atoms with Crippen LogP contribution in [0.25, 0.3) is 22.2 Å². The van der Waals surface area contributed by atoms with E-state index < -0.39 is 17.7 Å². The number of unbranched alkanes of at least 4 members (excludes halogenated alkanes) is 2. The van der Waals surface area contributed by atoms with Crippen molar-refractivity contribution in [1.82, 2.24) is 9.55 Å². The zero-order chi connectivity index (χ0) is 32.0. The normalized spacial score (nSPS) is 12.5. The Hall–Kier alpha value is -4.53. The number of nitrogens with zero attached hydrogens (tertiary/aromatic N) is 2. The SMILES string of the molecule is CCCCOc1nc2c(c(OCCCC)c1C(=O)OCc1ccccc1)OCCc1cc3c(ccn3C(=O)OC(C)(C)C)cc1-2. The maximum Gasteiger partial charge on any atom is 0.418 e. The van der Waals surface area contributed by atoms with E-state index in [1.54, 1.807) is 6.20 Å². The van der Waals surface area contributed by atoms with Gasteiger partial charge >= 0.3 is 12.1 Å². The van der Waals surface area contributed by atoms with E-state index in [1.165, 1.54) is 4.57 Å². The summed E-state index contributed by atoms with van der Waals surface area (Å²) in [5, 5.41) is 0.836. The van der Waals surface area contributed by atoms with Crippen LogP contribution < -0.4 is 14.2 Å². The molecule has 3 heterocycles. The van der Waals surface area contributed by atoms with E-state index in [0.717, 1.165) is 53.3 Å². The third kappa shape index (κ3) is 7.41. The molecular formula is C36H42N2O7. The zero-order valence-electron chi connectivity index (χ0n) is 26.8. The third-order valence-electron chi connectivity index (χ3n) is 7.35. The fraction of sp³-hybridized carbons (Fsp3) is 0.417. The number of pyridine rings is 1. The molecule has 0 radical (unpaired) electrons. The lowest BCUT2D eigenvalue weighted by molar-refractivity contribution is 0.0459. The van der Waals surface area contributed by atoms with Crippen LogP contribution in [0.2, 0.25) is 0 Å². The first-order chi connectivity index (χ1) is 21.7. The molecule has 0 unspecified atom stereocenters. The number of hydrogen-bond donors (Lipinski definition) is 0. The van der Waals surface area contributed by atoms with Crippen molar-refractivity contribution in [3.05, 3.63) is 71.4 Å². The predicted molar refractivity (Wildman–Crippen MR) is 172 cm³/mol. The van der Waals surface area contributed by atoms with Gasteiger partial charge < -0.3 is 23.7 Å². The van der Waals surface area contributed by atoms with Crippen molar-refractivity contribution in [2.24, 2.45) is 0 Å². The first-order valence-corrected chi connectivity index (χ1v) is 15.7. The second-order valence-corrected chi connectivity index (χ2v) is 12.1. The zero-order valence-corrected chi connectivity index (χ0v) is 26.8. The van der Waals surface area contributed by atoms with E-state index in [0.29, 0.717) is 37.7 Å². The summed E-state index contributed by atoms with van der Waals surface area (Å²) < 4.78 is 31.8. The second kappa shape index (κ2) is 14.1. The van der Waals surface area contributed by atoms with Crippen molar-refractivity contribution in [3.8, 4) is 28.6 Å². The Morgan fingerprint density at radius 1 is 0.978 bits per heavy atom. The van der Waals surface area contributed by atoms with Crippen LogP contribution in [0.5, 0.6) is 17.4 Å². The van der Waals surface area contributed by atoms with Crippen LogP contribution in [-0.4, -0.2) is 47.0 Å². The Labute approximate surface area is 264 Å². The van der Waals surface area contributed by atoms with Gasteiger partial charge in [-0.25, -0.2) is 14.6 Å². The van der Waals surface area contributed by atoms with Crippen LogP contribution >= 0.6 is 0 Å². The van der Waals surface area contributed by atoms with Crippen LogP contribution in [0.1, 0.15) is 81.8 Å². The van der Waals surface area contributed by atoms with E-state index in [9.17, 15) is 9.59 Å². The largest absolute Gasteiger partial charge is 0.489 e. The van der Waals surface area contributed by atoms with Gasteiger partial charge in [-0.3, -0.25) is 4.57 Å². The number of hydrogen-bond acceptors (Lipinski definition) is 8. The van der Waals surface area contributed by atoms with Crippen molar-refractivity contribution >= 4 is 23.0 Å². The molecule has 9 nitrogen and oxygen atoms in total. The minimum Gasteiger partial charge on any atom is -0.489 e. The van der Waals surface area contributed by atoms with Gasteiger partial charge in [0.05, 0.1) is 25.3 Å². The number of carbonyl (C=O) groups is 2. The van der Waals surface area contributed by atoms with Gasteiger partial charge in [-0.15, -0.1) is 0 Å². The smallest absolute Gasteiger partial charge is 0.418 e. The van der Waals surface area contributed by atoms with Gasteiger partial charge in [-0.05, 0) is 62.9 Å². The lowest BCUT2D eigenvalue weighted by Gasteiger charge is -2.20. The lowest BCUT2D eigenvalue weighted by atomic mass is 9.99. The van der Waals surface area contributed by atoms with E-state index in [1.807, 2.05) is 69.3 Å². The molecule has 0 saturated heterocycles. The molecule has 5 rings (SSSR count). The molecule has 0 bridgehead atoms. The highest BCUT2D eigenvalue weighted by molar-refractivity contribution is 5.99. The van der Waals surface area contributed by atoms with Crippen molar-refractivity contribution in [1.29, 1.82) is 0 Å². The molecular weight excluding hydrogens is 572 g/mol. The van der Waals surface area contributed by atoms with Gasteiger partial charge in [0.15, 0.2) is 17.1 Å². The molecule has 0 saturated carbocycles. The van der Waals surface area contributed by atoms with Crippen LogP contribution in [0.3, 0.4) is 0 Å². The number of benzene rings is 2. The highest BCUT2D eigenvalue weighted by Gasteiger charge is 2.33. The molecule has 2 aromatic carbocycles. The molecule has 2 aromatic heterocycles. The average Bonchev–Trinajstić information content (AvgIpc) is 3.34. The number of fused-ring (bicyclic) bond motifs is 4. The summed E-state index contributed by atoms with van der Waals surface area (Å²) in [5.74, 6) is 0.210. The van der Waals surface area contributed by atoms with Crippen molar-refractivity contribution in [3.63, 3.8) is 0 Å². The summed E-state index contributed by atoms with van der Waals surface area (Å²) >= 11 is 0. The highest BCUT2D eigenvalue weighted by Crippen LogP contribution is 2.47. The standard InChI is InChI=1S/C36H42N2O7/c1-6-8-18-41-31-29(34(39)44-23-24-13-11-10-12-14-24)33(43-19-9-7-2)37-30-27-21-26-15-17-38(35(40)45-36(3,4)5)28(26)22-25(27)16-20-42-32(30)31/h10-15,17,21-22H,6-9,16,18-20,23H2,1-5H3. The first-order valence-electron chi connectivity index (χ1n) is 15.7. The Balaban J connectivity index is 1.63. The number of carbonyl (C=O) groups excluding carboxylic acids is 2. The minimum atomic E-state index is -0.627. The van der Waals surface area contributed by atoms with Gasteiger partial charge in [0.1, 0.15) is 17.9 Å². The predicted octanol–water partition coefficient (Wildman–Crippen LogP) is 8.14. The molecule has 0 atom stereocenters. The van der Waals surface area contributed by atoms with Crippen LogP contribution in [-0.2, 0) is 22.5 Å². The maximum absolute atomic E-state index is 13.8. The lowest BCUT2D eigenvalue weighted by Crippen LogP contribution is -2.26. The summed E-state index contributed by atoms with van der Waals surface area (Å²) in [6, 6.07) is 15.4. The van der Waals surface area contributed by atoms with Crippen LogP contribution in [0.15, 0.2) is 54.7 Å². The van der Waals surface area contributed by atoms with Crippen molar-refractivity contribution in [2.75, 3.05) is 19.8 Å².